The zero-order valence-corrected chi connectivity index (χ0v) is 8.71. The van der Waals surface area contributed by atoms with E-state index in [9.17, 15) is 25.5 Å². The molecule has 0 spiro atoms. The van der Waals surface area contributed by atoms with Gasteiger partial charge in [0, 0.05) is 12.4 Å². The van der Waals surface area contributed by atoms with Gasteiger partial charge in [-0.15, -0.1) is 0 Å². The van der Waals surface area contributed by atoms with Gasteiger partial charge in [0.05, 0.1) is 0 Å². The second-order valence-corrected chi connectivity index (χ2v) is 3.93. The molecule has 96 valence electrons. The second kappa shape index (κ2) is 4.59. The molecule has 1 aromatic heterocycles. The first-order valence-corrected chi connectivity index (χ1v) is 5.08. The van der Waals surface area contributed by atoms with Gasteiger partial charge in [-0.3, -0.25) is 0 Å². The van der Waals surface area contributed by atoms with Crippen molar-refractivity contribution < 1.29 is 30.3 Å². The molecular formula is C9H14N2O6. The Kier molecular flexibility index (Phi) is 3.31. The van der Waals surface area contributed by atoms with Crippen molar-refractivity contribution in [3.05, 3.63) is 12.4 Å². The number of hydrogen-bond acceptors (Lipinski definition) is 7. The average Bonchev–Trinajstić information content (AvgIpc) is 2.82. The molecule has 2 unspecified atom stereocenters. The van der Waals surface area contributed by atoms with Crippen LogP contribution in [0.5, 0.6) is 6.01 Å². The third-order valence-electron chi connectivity index (χ3n) is 2.79. The van der Waals surface area contributed by atoms with Gasteiger partial charge in [0.15, 0.2) is 6.10 Å². The lowest BCUT2D eigenvalue weighted by atomic mass is 9.85. The van der Waals surface area contributed by atoms with E-state index in [0.29, 0.717) is 0 Å². The second-order valence-electron chi connectivity index (χ2n) is 3.93. The third kappa shape index (κ3) is 2.13. The van der Waals surface area contributed by atoms with Crippen molar-refractivity contribution in [3.8, 4) is 6.01 Å². The Labute approximate surface area is 96.1 Å². The molecule has 1 aromatic rings. The summed E-state index contributed by atoms with van der Waals surface area (Å²) in [4.78, 5) is 6.31. The van der Waals surface area contributed by atoms with Gasteiger partial charge >= 0.3 is 0 Å². The van der Waals surface area contributed by atoms with Gasteiger partial charge in [-0.2, -0.15) is 0 Å². The molecule has 17 heavy (non-hydrogen) atoms. The Morgan fingerprint density at radius 2 is 1.47 bits per heavy atom. The summed E-state index contributed by atoms with van der Waals surface area (Å²) in [5.41, 5.74) is 0. The van der Waals surface area contributed by atoms with Crippen molar-refractivity contribution in [1.82, 2.24) is 9.97 Å². The molecule has 2 rings (SSSR count). The highest BCUT2D eigenvalue weighted by molar-refractivity contribution is 5.03. The average molecular weight is 246 g/mol. The van der Waals surface area contributed by atoms with E-state index < -0.39 is 36.6 Å². The Bertz CT molecular complexity index is 342. The molecule has 1 aliphatic carbocycles. The van der Waals surface area contributed by atoms with E-state index in [1.165, 1.54) is 12.4 Å². The number of aliphatic hydroxyl groups is 5. The lowest BCUT2D eigenvalue weighted by Gasteiger charge is -2.40. The summed E-state index contributed by atoms with van der Waals surface area (Å²) in [5, 5.41) is 47.5. The molecule has 6 N–H and O–H groups in total. The minimum Gasteiger partial charge on any atom is -0.456 e. The Balaban J connectivity index is 2.14. The van der Waals surface area contributed by atoms with Crippen LogP contribution in [0.4, 0.5) is 0 Å². The van der Waals surface area contributed by atoms with Crippen LogP contribution in [-0.2, 0) is 0 Å². The molecule has 1 saturated carbocycles. The maximum atomic E-state index is 9.65. The number of nitrogens with zero attached hydrogens (tertiary/aromatic N) is 1. The fraction of sp³-hybridized carbons (Fsp3) is 0.667. The highest BCUT2D eigenvalue weighted by atomic mass is 16.5. The Morgan fingerprint density at radius 1 is 0.941 bits per heavy atom. The van der Waals surface area contributed by atoms with Gasteiger partial charge in [0.2, 0.25) is 0 Å². The Hall–Kier alpha value is -1.19. The van der Waals surface area contributed by atoms with Crippen molar-refractivity contribution in [2.45, 2.75) is 36.6 Å². The zero-order chi connectivity index (χ0) is 12.6. The fourth-order valence-electron chi connectivity index (χ4n) is 1.78. The first-order chi connectivity index (χ1) is 8.02. The van der Waals surface area contributed by atoms with E-state index in [1.54, 1.807) is 0 Å². The molecule has 0 radical (unpaired) electrons. The molecule has 8 heteroatoms. The first kappa shape index (κ1) is 12.3. The van der Waals surface area contributed by atoms with Crippen molar-refractivity contribution in [3.63, 3.8) is 0 Å². The standard InChI is InChI=1S/C9H14N2O6/c12-3-4(13)6(15)8(7(16)5(3)14)17-9-10-1-2-11-9/h1-8,12-16H,(H,10,11)/t3?,4-,5+,6-,7-,8?/m0/s1. The molecule has 8 nitrogen and oxygen atoms in total. The number of ether oxygens (including phenoxy) is 1. The van der Waals surface area contributed by atoms with Crippen molar-refractivity contribution >= 4 is 0 Å². The number of H-pyrrole nitrogens is 1. The van der Waals surface area contributed by atoms with Crippen LogP contribution in [-0.4, -0.2) is 72.1 Å². The van der Waals surface area contributed by atoms with Gasteiger partial charge in [-0.25, -0.2) is 4.98 Å². The van der Waals surface area contributed by atoms with Crippen LogP contribution in [0.2, 0.25) is 0 Å². The molecule has 0 saturated heterocycles. The molecule has 6 atom stereocenters. The molecule has 0 aliphatic heterocycles. The molecule has 0 amide bonds. The molecular weight excluding hydrogens is 232 g/mol. The maximum absolute atomic E-state index is 9.65. The third-order valence-corrected chi connectivity index (χ3v) is 2.79. The summed E-state index contributed by atoms with van der Waals surface area (Å²) in [6.45, 7) is 0. The molecule has 1 aliphatic rings. The van der Waals surface area contributed by atoms with E-state index in [0.717, 1.165) is 0 Å². The SMILES string of the molecule is OC1[C@@H](O)[C@H](O)C(Oc2ncc[nH]2)[C@@H](O)[C@H]1O. The quantitative estimate of drug-likeness (QED) is 0.326. The van der Waals surface area contributed by atoms with Gasteiger partial charge in [-0.1, -0.05) is 0 Å². The number of nitrogens with one attached hydrogen (secondary N) is 1. The smallest absolute Gasteiger partial charge is 0.293 e. The fourth-order valence-corrected chi connectivity index (χ4v) is 1.78. The van der Waals surface area contributed by atoms with Crippen molar-refractivity contribution in [1.29, 1.82) is 0 Å². The maximum Gasteiger partial charge on any atom is 0.293 e. The zero-order valence-electron chi connectivity index (χ0n) is 8.71. The largest absolute Gasteiger partial charge is 0.456 e. The lowest BCUT2D eigenvalue weighted by molar-refractivity contribution is -0.217. The predicted molar refractivity (Wildman–Crippen MR) is 53.0 cm³/mol. The van der Waals surface area contributed by atoms with Crippen LogP contribution in [0.15, 0.2) is 12.4 Å². The Morgan fingerprint density at radius 3 is 1.94 bits per heavy atom. The summed E-state index contributed by atoms with van der Waals surface area (Å²) >= 11 is 0. The van der Waals surface area contributed by atoms with Gasteiger partial charge in [0.1, 0.15) is 30.5 Å². The van der Waals surface area contributed by atoms with Crippen LogP contribution < -0.4 is 4.74 Å². The van der Waals surface area contributed by atoms with Crippen LogP contribution in [0.3, 0.4) is 0 Å². The number of aromatic nitrogens is 2. The predicted octanol–water partition coefficient (Wildman–Crippen LogP) is -3.02. The highest BCUT2D eigenvalue weighted by Gasteiger charge is 2.49. The monoisotopic (exact) mass is 246 g/mol. The number of aromatic amines is 1. The highest BCUT2D eigenvalue weighted by Crippen LogP contribution is 2.24. The summed E-state index contributed by atoms with van der Waals surface area (Å²) < 4.78 is 5.11. The summed E-state index contributed by atoms with van der Waals surface area (Å²) in [6, 6.07) is 0.0314. The van der Waals surface area contributed by atoms with E-state index >= 15 is 0 Å². The van der Waals surface area contributed by atoms with E-state index in [2.05, 4.69) is 9.97 Å². The van der Waals surface area contributed by atoms with Crippen molar-refractivity contribution in [2.75, 3.05) is 0 Å². The van der Waals surface area contributed by atoms with Crippen LogP contribution in [0, 0.1) is 0 Å². The lowest BCUT2D eigenvalue weighted by Crippen LogP contribution is -2.65. The minimum atomic E-state index is -1.63. The topological polar surface area (TPSA) is 139 Å². The van der Waals surface area contributed by atoms with Crippen LogP contribution in [0.1, 0.15) is 0 Å². The summed E-state index contributed by atoms with van der Waals surface area (Å²) in [6.07, 6.45) is -6.31. The summed E-state index contributed by atoms with van der Waals surface area (Å²) in [7, 11) is 0. The van der Waals surface area contributed by atoms with Crippen molar-refractivity contribution in [2.24, 2.45) is 0 Å². The van der Waals surface area contributed by atoms with E-state index in [4.69, 9.17) is 4.74 Å². The normalized spacial score (nSPS) is 42.4. The molecule has 1 heterocycles. The molecule has 0 aromatic carbocycles. The van der Waals surface area contributed by atoms with Crippen LogP contribution in [0.25, 0.3) is 0 Å². The number of aliphatic hydroxyl groups excluding tert-OH is 5. The van der Waals surface area contributed by atoms with Gasteiger partial charge in [0.25, 0.3) is 6.01 Å². The molecule has 0 bridgehead atoms. The van der Waals surface area contributed by atoms with Gasteiger partial charge in [-0.05, 0) is 0 Å². The summed E-state index contributed by atoms with van der Waals surface area (Å²) in [5.74, 6) is 0. The van der Waals surface area contributed by atoms with Crippen LogP contribution >= 0.6 is 0 Å². The van der Waals surface area contributed by atoms with E-state index in [-0.39, 0.29) is 6.01 Å². The van der Waals surface area contributed by atoms with Gasteiger partial charge < -0.3 is 35.3 Å². The number of rotatable bonds is 2. The molecule has 1 fully saturated rings. The number of hydrogen-bond donors (Lipinski definition) is 6. The van der Waals surface area contributed by atoms with E-state index in [1.807, 2.05) is 0 Å². The first-order valence-electron chi connectivity index (χ1n) is 5.08. The number of imidazole rings is 1. The minimum absolute atomic E-state index is 0.0314.